The van der Waals surface area contributed by atoms with Gasteiger partial charge in [0.05, 0.1) is 18.2 Å². The lowest BCUT2D eigenvalue weighted by Crippen LogP contribution is -2.68. The number of rotatable bonds is 6. The average molecular weight is 326 g/mol. The second kappa shape index (κ2) is 7.84. The molecule has 4 atom stereocenters. The van der Waals surface area contributed by atoms with Crippen LogP contribution in [0, 0.1) is 5.92 Å². The van der Waals surface area contributed by atoms with Crippen LogP contribution in [0.2, 0.25) is 0 Å². The zero-order chi connectivity index (χ0) is 17.0. The smallest absolute Gasteiger partial charge is 0.407 e. The minimum Gasteiger partial charge on any atom is -0.444 e. The molecule has 2 saturated carbocycles. The van der Waals surface area contributed by atoms with Gasteiger partial charge in [-0.05, 0) is 59.8 Å². The highest BCUT2D eigenvalue weighted by atomic mass is 16.6. The third-order valence-corrected chi connectivity index (χ3v) is 4.97. The molecule has 0 saturated heterocycles. The Morgan fingerprint density at radius 3 is 2.48 bits per heavy atom. The number of alkyl carbamates (subject to hydrolysis) is 1. The van der Waals surface area contributed by atoms with Gasteiger partial charge in [-0.1, -0.05) is 12.8 Å². The van der Waals surface area contributed by atoms with Crippen molar-refractivity contribution in [1.29, 1.82) is 0 Å². The Bertz CT molecular complexity index is 388. The highest BCUT2D eigenvalue weighted by molar-refractivity contribution is 5.68. The van der Waals surface area contributed by atoms with Gasteiger partial charge in [-0.25, -0.2) is 4.79 Å². The standard InChI is InChI=1S/C18H34N2O3/c1-6-22-15-11-14(20-17(21)23-18(3,4)5)16(15)19-12(2)13-9-7-8-10-13/h12-16,19H,6-11H2,1-5H3,(H,20,21). The van der Waals surface area contributed by atoms with Gasteiger partial charge in [-0.2, -0.15) is 0 Å². The zero-order valence-electron chi connectivity index (χ0n) is 15.4. The van der Waals surface area contributed by atoms with Gasteiger partial charge in [0.1, 0.15) is 5.60 Å². The van der Waals surface area contributed by atoms with Crippen LogP contribution in [0.4, 0.5) is 4.79 Å². The third kappa shape index (κ3) is 5.35. The van der Waals surface area contributed by atoms with E-state index in [-0.39, 0.29) is 24.3 Å². The molecule has 0 aromatic carbocycles. The molecule has 0 aliphatic heterocycles. The molecule has 0 bridgehead atoms. The molecule has 2 fully saturated rings. The summed E-state index contributed by atoms with van der Waals surface area (Å²) in [5, 5.41) is 6.72. The van der Waals surface area contributed by atoms with E-state index in [4.69, 9.17) is 9.47 Å². The van der Waals surface area contributed by atoms with Gasteiger partial charge in [-0.3, -0.25) is 0 Å². The van der Waals surface area contributed by atoms with E-state index in [1.165, 1.54) is 25.7 Å². The van der Waals surface area contributed by atoms with Crippen molar-refractivity contribution in [3.63, 3.8) is 0 Å². The van der Waals surface area contributed by atoms with E-state index >= 15 is 0 Å². The summed E-state index contributed by atoms with van der Waals surface area (Å²) in [6.45, 7) is 10.6. The van der Waals surface area contributed by atoms with Crippen LogP contribution < -0.4 is 10.6 Å². The molecule has 0 heterocycles. The molecule has 134 valence electrons. The minimum atomic E-state index is -0.465. The van der Waals surface area contributed by atoms with Crippen molar-refractivity contribution in [1.82, 2.24) is 10.6 Å². The maximum atomic E-state index is 12.0. The van der Waals surface area contributed by atoms with Crippen LogP contribution in [-0.4, -0.2) is 42.5 Å². The maximum absolute atomic E-state index is 12.0. The second-order valence-corrected chi connectivity index (χ2v) is 8.01. The summed E-state index contributed by atoms with van der Waals surface area (Å²) < 4.78 is 11.2. The van der Waals surface area contributed by atoms with Gasteiger partial charge in [0.25, 0.3) is 0 Å². The Labute approximate surface area is 140 Å². The molecule has 2 N–H and O–H groups in total. The molecule has 23 heavy (non-hydrogen) atoms. The molecule has 4 unspecified atom stereocenters. The number of carbonyl (C=O) groups is 1. The zero-order valence-corrected chi connectivity index (χ0v) is 15.4. The van der Waals surface area contributed by atoms with Crippen LogP contribution in [0.1, 0.15) is 66.7 Å². The third-order valence-electron chi connectivity index (χ3n) is 4.97. The van der Waals surface area contributed by atoms with Gasteiger partial charge < -0.3 is 20.1 Å². The van der Waals surface area contributed by atoms with Gasteiger partial charge in [0.15, 0.2) is 0 Å². The van der Waals surface area contributed by atoms with E-state index in [0.29, 0.717) is 12.6 Å². The predicted octanol–water partition coefficient (Wildman–Crippen LogP) is 3.23. The van der Waals surface area contributed by atoms with Crippen LogP contribution in [0.25, 0.3) is 0 Å². The van der Waals surface area contributed by atoms with E-state index in [1.54, 1.807) is 0 Å². The van der Waals surface area contributed by atoms with E-state index in [9.17, 15) is 4.79 Å². The number of hydrogen-bond acceptors (Lipinski definition) is 4. The van der Waals surface area contributed by atoms with Crippen molar-refractivity contribution in [2.75, 3.05) is 6.61 Å². The summed E-state index contributed by atoms with van der Waals surface area (Å²) in [6.07, 6.45) is 6.00. The monoisotopic (exact) mass is 326 g/mol. The fourth-order valence-electron chi connectivity index (χ4n) is 3.72. The van der Waals surface area contributed by atoms with Crippen molar-refractivity contribution in [2.24, 2.45) is 5.92 Å². The topological polar surface area (TPSA) is 59.6 Å². The van der Waals surface area contributed by atoms with Crippen LogP contribution in [0.3, 0.4) is 0 Å². The van der Waals surface area contributed by atoms with E-state index in [0.717, 1.165) is 12.3 Å². The van der Waals surface area contributed by atoms with Crippen molar-refractivity contribution in [2.45, 2.75) is 96.6 Å². The van der Waals surface area contributed by atoms with Gasteiger partial charge in [0, 0.05) is 12.6 Å². The summed E-state index contributed by atoms with van der Waals surface area (Å²) in [4.78, 5) is 12.0. The molecule has 2 aliphatic rings. The maximum Gasteiger partial charge on any atom is 0.407 e. The number of nitrogens with one attached hydrogen (secondary N) is 2. The van der Waals surface area contributed by atoms with Crippen molar-refractivity contribution >= 4 is 6.09 Å². The summed E-state index contributed by atoms with van der Waals surface area (Å²) in [7, 11) is 0. The minimum absolute atomic E-state index is 0.0882. The van der Waals surface area contributed by atoms with E-state index in [2.05, 4.69) is 17.6 Å². The van der Waals surface area contributed by atoms with Crippen molar-refractivity contribution in [3.05, 3.63) is 0 Å². The summed E-state index contributed by atoms with van der Waals surface area (Å²) in [6, 6.07) is 0.733. The SMILES string of the molecule is CCOC1CC(NC(=O)OC(C)(C)C)C1NC(C)C1CCCC1. The molecule has 2 aliphatic carbocycles. The molecular weight excluding hydrogens is 292 g/mol. The number of ether oxygens (including phenoxy) is 2. The fourth-order valence-corrected chi connectivity index (χ4v) is 3.72. The molecule has 2 rings (SSSR count). The van der Waals surface area contributed by atoms with Crippen LogP contribution in [0.5, 0.6) is 0 Å². The highest BCUT2D eigenvalue weighted by Gasteiger charge is 2.44. The molecular formula is C18H34N2O3. The van der Waals surface area contributed by atoms with Gasteiger partial charge in [0.2, 0.25) is 0 Å². The molecule has 0 aromatic rings. The molecule has 0 spiro atoms. The first-order valence-electron chi connectivity index (χ1n) is 9.17. The fraction of sp³-hybridized carbons (Fsp3) is 0.944. The van der Waals surface area contributed by atoms with Crippen LogP contribution in [0.15, 0.2) is 0 Å². The predicted molar refractivity (Wildman–Crippen MR) is 91.5 cm³/mol. The van der Waals surface area contributed by atoms with E-state index in [1.807, 2.05) is 27.7 Å². The Morgan fingerprint density at radius 1 is 1.26 bits per heavy atom. The summed E-state index contributed by atoms with van der Waals surface area (Å²) in [5.74, 6) is 0.750. The first-order valence-corrected chi connectivity index (χ1v) is 9.17. The molecule has 5 nitrogen and oxygen atoms in total. The first-order chi connectivity index (χ1) is 10.8. The quantitative estimate of drug-likeness (QED) is 0.787. The summed E-state index contributed by atoms with van der Waals surface area (Å²) >= 11 is 0. The lowest BCUT2D eigenvalue weighted by atomic mass is 9.81. The van der Waals surface area contributed by atoms with Gasteiger partial charge >= 0.3 is 6.09 Å². The normalized spacial score (nSPS) is 29.9. The lowest BCUT2D eigenvalue weighted by Gasteiger charge is -2.46. The summed E-state index contributed by atoms with van der Waals surface area (Å²) in [5.41, 5.74) is -0.465. The lowest BCUT2D eigenvalue weighted by molar-refractivity contribution is -0.0479. The first kappa shape index (κ1) is 18.5. The van der Waals surface area contributed by atoms with Gasteiger partial charge in [-0.15, -0.1) is 0 Å². The number of amides is 1. The van der Waals surface area contributed by atoms with E-state index < -0.39 is 5.60 Å². The molecule has 0 radical (unpaired) electrons. The highest BCUT2D eigenvalue weighted by Crippen LogP contribution is 2.31. The van der Waals surface area contributed by atoms with Crippen molar-refractivity contribution < 1.29 is 14.3 Å². The number of hydrogen-bond donors (Lipinski definition) is 2. The van der Waals surface area contributed by atoms with Crippen LogP contribution >= 0.6 is 0 Å². The Kier molecular flexibility index (Phi) is 6.32. The Morgan fingerprint density at radius 2 is 1.91 bits per heavy atom. The molecule has 0 aromatic heterocycles. The largest absolute Gasteiger partial charge is 0.444 e. The molecule has 1 amide bonds. The average Bonchev–Trinajstić information content (AvgIpc) is 2.95. The molecule has 5 heteroatoms. The second-order valence-electron chi connectivity index (χ2n) is 8.01. The van der Waals surface area contributed by atoms with Crippen LogP contribution in [-0.2, 0) is 9.47 Å². The number of carbonyl (C=O) groups excluding carboxylic acids is 1. The van der Waals surface area contributed by atoms with Crippen molar-refractivity contribution in [3.8, 4) is 0 Å². The Balaban J connectivity index is 1.87. The Hall–Kier alpha value is -0.810.